The molecule has 0 bridgehead atoms. The van der Waals surface area contributed by atoms with E-state index in [1.54, 1.807) is 18.2 Å². The highest BCUT2D eigenvalue weighted by molar-refractivity contribution is 7.90. The van der Waals surface area contributed by atoms with Crippen LogP contribution in [-0.2, 0) is 9.84 Å². The molecule has 1 heterocycles. The predicted molar refractivity (Wildman–Crippen MR) is 112 cm³/mol. The molecule has 8 heteroatoms. The molecule has 3 N–H and O–H groups in total. The lowest BCUT2D eigenvalue weighted by molar-refractivity contribution is 0.101. The standard InChI is InChI=1S/C20H18N2O4S2/c1-12(23)18-9-10-19(27-18)14-5-8-16(21)17(11-14)22-20(24)13-3-6-15(7-4-13)28(2,25)26/h3-11H,21H2,1-2H3,(H,22,24). The molecule has 0 fully saturated rings. The molecule has 0 atom stereocenters. The molecule has 144 valence electrons. The fraction of sp³-hybridized carbons (Fsp3) is 0.100. The van der Waals surface area contributed by atoms with Crippen LogP contribution in [0.15, 0.2) is 59.5 Å². The van der Waals surface area contributed by atoms with Gasteiger partial charge >= 0.3 is 0 Å². The largest absolute Gasteiger partial charge is 0.397 e. The average molecular weight is 415 g/mol. The van der Waals surface area contributed by atoms with Gasteiger partial charge in [-0.1, -0.05) is 6.07 Å². The van der Waals surface area contributed by atoms with Crippen LogP contribution in [0.5, 0.6) is 0 Å². The molecule has 3 aromatic rings. The normalized spacial score (nSPS) is 11.2. The molecule has 0 aliphatic heterocycles. The Morgan fingerprint density at radius 1 is 1.00 bits per heavy atom. The maximum absolute atomic E-state index is 12.5. The van der Waals surface area contributed by atoms with Crippen LogP contribution >= 0.6 is 11.3 Å². The number of carbonyl (C=O) groups excluding carboxylic acids is 2. The van der Waals surface area contributed by atoms with Crippen molar-refractivity contribution in [3.8, 4) is 10.4 Å². The van der Waals surface area contributed by atoms with Gasteiger partial charge in [-0.15, -0.1) is 11.3 Å². The number of anilines is 2. The highest BCUT2D eigenvalue weighted by Crippen LogP contribution is 2.32. The molecular weight excluding hydrogens is 396 g/mol. The lowest BCUT2D eigenvalue weighted by atomic mass is 10.1. The number of nitrogens with two attached hydrogens (primary N) is 1. The van der Waals surface area contributed by atoms with E-state index in [4.69, 9.17) is 5.73 Å². The summed E-state index contributed by atoms with van der Waals surface area (Å²) in [6.45, 7) is 1.51. The minimum Gasteiger partial charge on any atom is -0.397 e. The van der Waals surface area contributed by atoms with Gasteiger partial charge in [0.1, 0.15) is 0 Å². The fourth-order valence-electron chi connectivity index (χ4n) is 2.55. The number of sulfone groups is 1. The Morgan fingerprint density at radius 3 is 2.25 bits per heavy atom. The van der Waals surface area contributed by atoms with Gasteiger partial charge in [0.05, 0.1) is 21.1 Å². The molecule has 0 radical (unpaired) electrons. The second-order valence-corrected chi connectivity index (χ2v) is 9.37. The van der Waals surface area contributed by atoms with Crippen molar-refractivity contribution in [1.29, 1.82) is 0 Å². The summed E-state index contributed by atoms with van der Waals surface area (Å²) in [4.78, 5) is 25.7. The van der Waals surface area contributed by atoms with Gasteiger partial charge in [0.15, 0.2) is 15.6 Å². The second kappa shape index (κ2) is 7.57. The predicted octanol–water partition coefficient (Wildman–Crippen LogP) is 3.86. The van der Waals surface area contributed by atoms with Crippen LogP contribution in [-0.4, -0.2) is 26.4 Å². The Kier molecular flexibility index (Phi) is 5.35. The van der Waals surface area contributed by atoms with Gasteiger partial charge < -0.3 is 11.1 Å². The maximum Gasteiger partial charge on any atom is 0.255 e. The lowest BCUT2D eigenvalue weighted by Gasteiger charge is -2.10. The first-order chi connectivity index (χ1) is 13.1. The van der Waals surface area contributed by atoms with Crippen molar-refractivity contribution in [1.82, 2.24) is 0 Å². The van der Waals surface area contributed by atoms with Gasteiger partial charge in [-0.25, -0.2) is 8.42 Å². The number of amides is 1. The van der Waals surface area contributed by atoms with Gasteiger partial charge in [-0.3, -0.25) is 9.59 Å². The van der Waals surface area contributed by atoms with Crippen LogP contribution in [0.3, 0.4) is 0 Å². The van der Waals surface area contributed by atoms with Crippen molar-refractivity contribution >= 4 is 44.2 Å². The molecule has 2 aromatic carbocycles. The van der Waals surface area contributed by atoms with Crippen molar-refractivity contribution in [2.75, 3.05) is 17.3 Å². The Hall–Kier alpha value is -2.97. The van der Waals surface area contributed by atoms with Gasteiger partial charge in [0.25, 0.3) is 5.91 Å². The zero-order valence-electron chi connectivity index (χ0n) is 15.2. The summed E-state index contributed by atoms with van der Waals surface area (Å²) in [5, 5.41) is 2.75. The first-order valence-corrected chi connectivity index (χ1v) is 11.0. The van der Waals surface area contributed by atoms with Crippen molar-refractivity contribution in [2.24, 2.45) is 0 Å². The van der Waals surface area contributed by atoms with Crippen molar-refractivity contribution < 1.29 is 18.0 Å². The van der Waals surface area contributed by atoms with Crippen LogP contribution in [0.25, 0.3) is 10.4 Å². The molecule has 0 aliphatic carbocycles. The highest BCUT2D eigenvalue weighted by Gasteiger charge is 2.13. The molecule has 0 spiro atoms. The number of nitrogen functional groups attached to an aromatic ring is 1. The van der Waals surface area contributed by atoms with E-state index in [-0.39, 0.29) is 10.7 Å². The minimum atomic E-state index is -3.33. The maximum atomic E-state index is 12.5. The monoisotopic (exact) mass is 414 g/mol. The minimum absolute atomic E-state index is 0.00207. The van der Waals surface area contributed by atoms with Gasteiger partial charge in [0.2, 0.25) is 0 Å². The number of carbonyl (C=O) groups is 2. The van der Waals surface area contributed by atoms with E-state index in [2.05, 4.69) is 5.32 Å². The van der Waals surface area contributed by atoms with Crippen molar-refractivity contribution in [3.63, 3.8) is 0 Å². The summed E-state index contributed by atoms with van der Waals surface area (Å²) in [5.74, 6) is -0.405. The van der Waals surface area contributed by atoms with Crippen LogP contribution in [0, 0.1) is 0 Å². The molecule has 0 aliphatic rings. The SMILES string of the molecule is CC(=O)c1ccc(-c2ccc(N)c(NC(=O)c3ccc(S(C)(=O)=O)cc3)c2)s1. The van der Waals surface area contributed by atoms with Crippen LogP contribution in [0.1, 0.15) is 27.0 Å². The van der Waals surface area contributed by atoms with Gasteiger partial charge in [-0.05, 0) is 61.0 Å². The zero-order valence-corrected chi connectivity index (χ0v) is 16.9. The highest BCUT2D eigenvalue weighted by atomic mass is 32.2. The third-order valence-electron chi connectivity index (χ3n) is 4.08. The van der Waals surface area contributed by atoms with Gasteiger partial charge in [-0.2, -0.15) is 0 Å². The first-order valence-electron chi connectivity index (χ1n) is 8.27. The summed E-state index contributed by atoms with van der Waals surface area (Å²) < 4.78 is 23.1. The zero-order chi connectivity index (χ0) is 20.5. The summed E-state index contributed by atoms with van der Waals surface area (Å²) in [6.07, 6.45) is 1.11. The number of rotatable bonds is 5. The molecule has 1 amide bonds. The fourth-order valence-corrected chi connectivity index (χ4v) is 4.08. The smallest absolute Gasteiger partial charge is 0.255 e. The number of nitrogens with one attached hydrogen (secondary N) is 1. The third-order valence-corrected chi connectivity index (χ3v) is 6.45. The van der Waals surface area contributed by atoms with Crippen LogP contribution in [0.4, 0.5) is 11.4 Å². The van der Waals surface area contributed by atoms with Crippen LogP contribution < -0.4 is 11.1 Å². The number of hydrogen-bond acceptors (Lipinski definition) is 6. The Balaban J connectivity index is 1.85. The van der Waals surface area contributed by atoms with E-state index in [1.165, 1.54) is 42.5 Å². The van der Waals surface area contributed by atoms with Crippen molar-refractivity contribution in [2.45, 2.75) is 11.8 Å². The average Bonchev–Trinajstić information content (AvgIpc) is 3.13. The Labute approximate surface area is 166 Å². The van der Waals surface area contributed by atoms with Crippen molar-refractivity contribution in [3.05, 3.63) is 65.0 Å². The van der Waals surface area contributed by atoms with E-state index in [0.29, 0.717) is 21.8 Å². The topological polar surface area (TPSA) is 106 Å². The van der Waals surface area contributed by atoms with E-state index in [0.717, 1.165) is 16.7 Å². The summed E-state index contributed by atoms with van der Waals surface area (Å²) >= 11 is 1.37. The summed E-state index contributed by atoms with van der Waals surface area (Å²) in [6, 6.07) is 14.5. The number of Topliss-reactive ketones (excluding diaryl/α,β-unsaturated/α-hetero) is 1. The number of benzene rings is 2. The molecule has 0 saturated heterocycles. The summed E-state index contributed by atoms with van der Waals surface area (Å²) in [7, 11) is -3.33. The lowest BCUT2D eigenvalue weighted by Crippen LogP contribution is -2.13. The molecule has 0 saturated carbocycles. The van der Waals surface area contributed by atoms with E-state index in [1.807, 2.05) is 12.1 Å². The quantitative estimate of drug-likeness (QED) is 0.487. The molecule has 3 rings (SSSR count). The van der Waals surface area contributed by atoms with Gasteiger partial charge in [0, 0.05) is 16.7 Å². The third kappa shape index (κ3) is 4.29. The van der Waals surface area contributed by atoms with E-state index < -0.39 is 15.7 Å². The Bertz CT molecular complexity index is 1160. The van der Waals surface area contributed by atoms with E-state index in [9.17, 15) is 18.0 Å². The second-order valence-electron chi connectivity index (χ2n) is 6.27. The molecule has 28 heavy (non-hydrogen) atoms. The summed E-state index contributed by atoms with van der Waals surface area (Å²) in [5.41, 5.74) is 7.96. The molecule has 1 aromatic heterocycles. The van der Waals surface area contributed by atoms with Crippen LogP contribution in [0.2, 0.25) is 0 Å². The number of hydrogen-bond donors (Lipinski definition) is 2. The number of thiophene rings is 1. The molecular formula is C20H18N2O4S2. The Morgan fingerprint density at radius 2 is 1.68 bits per heavy atom. The number of ketones is 1. The first kappa shape index (κ1) is 19.8. The van der Waals surface area contributed by atoms with E-state index >= 15 is 0 Å². The molecule has 6 nitrogen and oxygen atoms in total. The molecule has 0 unspecified atom stereocenters.